The van der Waals surface area contributed by atoms with Crippen LogP contribution in [0.15, 0.2) is 54.1 Å². The van der Waals surface area contributed by atoms with Gasteiger partial charge in [-0.2, -0.15) is 0 Å². The first-order chi connectivity index (χ1) is 15.5. The van der Waals surface area contributed by atoms with E-state index in [9.17, 15) is 19.1 Å². The van der Waals surface area contributed by atoms with Crippen LogP contribution in [0.5, 0.6) is 5.75 Å². The lowest BCUT2D eigenvalue weighted by atomic mass is 9.95. The predicted octanol–water partition coefficient (Wildman–Crippen LogP) is 2.59. The van der Waals surface area contributed by atoms with Gasteiger partial charge in [0.25, 0.3) is 11.7 Å². The Balaban J connectivity index is 1.74. The van der Waals surface area contributed by atoms with Crippen molar-refractivity contribution in [2.24, 2.45) is 0 Å². The number of aliphatic hydroxyl groups is 1. The third-order valence-corrected chi connectivity index (χ3v) is 5.86. The first-order valence-corrected chi connectivity index (χ1v) is 10.5. The number of carbonyl (C=O) groups is 2. The molecule has 2 heterocycles. The predicted molar refractivity (Wildman–Crippen MR) is 116 cm³/mol. The van der Waals surface area contributed by atoms with Crippen LogP contribution < -0.4 is 4.74 Å². The van der Waals surface area contributed by atoms with Crippen LogP contribution in [-0.4, -0.2) is 73.1 Å². The maximum atomic E-state index is 14.8. The molecule has 0 aliphatic carbocycles. The minimum atomic E-state index is -1.01. The lowest BCUT2D eigenvalue weighted by molar-refractivity contribution is -0.140. The van der Waals surface area contributed by atoms with Crippen molar-refractivity contribution in [2.75, 3.05) is 46.5 Å². The number of rotatable bonds is 6. The molecule has 2 saturated heterocycles. The standard InChI is InChI=1S/C24H25FN2O5/c1-31-17-8-6-16(7-9-17)22(28)20-21(18-4-2-3-5-19(18)25)27(24(30)23(20)29)11-10-26-12-14-32-15-13-26/h2-9,21,28H,10-15H2,1H3/b22-20+/t21-/m0/s1. The number of ether oxygens (including phenoxy) is 2. The third-order valence-electron chi connectivity index (χ3n) is 5.86. The van der Waals surface area contributed by atoms with E-state index in [4.69, 9.17) is 9.47 Å². The van der Waals surface area contributed by atoms with Crippen molar-refractivity contribution in [2.45, 2.75) is 6.04 Å². The molecule has 2 aromatic carbocycles. The Hall–Kier alpha value is -3.23. The van der Waals surface area contributed by atoms with Crippen LogP contribution in [0.25, 0.3) is 5.76 Å². The van der Waals surface area contributed by atoms with Crippen molar-refractivity contribution in [1.29, 1.82) is 0 Å². The highest BCUT2D eigenvalue weighted by molar-refractivity contribution is 6.46. The second-order valence-corrected chi connectivity index (χ2v) is 7.70. The van der Waals surface area contributed by atoms with Gasteiger partial charge in [0.05, 0.1) is 31.9 Å². The van der Waals surface area contributed by atoms with Gasteiger partial charge in [-0.1, -0.05) is 18.2 Å². The van der Waals surface area contributed by atoms with Crippen LogP contribution in [0.1, 0.15) is 17.2 Å². The zero-order valence-electron chi connectivity index (χ0n) is 17.8. The number of likely N-dealkylation sites (tertiary alicyclic amines) is 1. The molecular weight excluding hydrogens is 415 g/mol. The quantitative estimate of drug-likeness (QED) is 0.423. The van der Waals surface area contributed by atoms with Crippen LogP contribution in [0.2, 0.25) is 0 Å². The van der Waals surface area contributed by atoms with E-state index in [1.807, 2.05) is 0 Å². The summed E-state index contributed by atoms with van der Waals surface area (Å²) in [4.78, 5) is 29.5. The summed E-state index contributed by atoms with van der Waals surface area (Å²) in [5.41, 5.74) is 0.398. The van der Waals surface area contributed by atoms with Crippen LogP contribution in [0, 0.1) is 5.82 Å². The Morgan fingerprint density at radius 2 is 1.78 bits per heavy atom. The molecule has 1 atom stereocenters. The summed E-state index contributed by atoms with van der Waals surface area (Å²) < 4.78 is 25.3. The zero-order valence-corrected chi connectivity index (χ0v) is 17.8. The lowest BCUT2D eigenvalue weighted by Crippen LogP contribution is -2.42. The molecule has 2 aromatic rings. The molecule has 7 nitrogen and oxygen atoms in total. The Morgan fingerprint density at radius 1 is 1.09 bits per heavy atom. The highest BCUT2D eigenvalue weighted by Crippen LogP contribution is 2.40. The number of halogens is 1. The summed E-state index contributed by atoms with van der Waals surface area (Å²) in [6, 6.07) is 11.5. The maximum Gasteiger partial charge on any atom is 0.295 e. The molecule has 1 N–H and O–H groups in total. The summed E-state index contributed by atoms with van der Waals surface area (Å²) in [5, 5.41) is 11.0. The lowest BCUT2D eigenvalue weighted by Gasteiger charge is -2.31. The number of ketones is 1. The fourth-order valence-electron chi connectivity index (χ4n) is 4.11. The molecule has 0 saturated carbocycles. The molecule has 2 fully saturated rings. The second kappa shape index (κ2) is 9.50. The zero-order chi connectivity index (χ0) is 22.7. The van der Waals surface area contributed by atoms with Crippen LogP contribution in [-0.2, 0) is 14.3 Å². The molecule has 32 heavy (non-hydrogen) atoms. The molecule has 2 aliphatic rings. The van der Waals surface area contributed by atoms with Crippen molar-refractivity contribution in [3.8, 4) is 5.75 Å². The normalized spacial score (nSPS) is 21.2. The fraction of sp³-hybridized carbons (Fsp3) is 0.333. The first-order valence-electron chi connectivity index (χ1n) is 10.5. The van der Waals surface area contributed by atoms with Crippen molar-refractivity contribution >= 4 is 17.4 Å². The first kappa shape index (κ1) is 22.0. The maximum absolute atomic E-state index is 14.8. The average molecular weight is 440 g/mol. The molecular formula is C24H25FN2O5. The van der Waals surface area contributed by atoms with Gasteiger partial charge in [-0.3, -0.25) is 14.5 Å². The monoisotopic (exact) mass is 440 g/mol. The van der Waals surface area contributed by atoms with E-state index in [0.29, 0.717) is 31.1 Å². The SMILES string of the molecule is COc1ccc(/C(O)=C2\C(=O)C(=O)N(CCN3CCOCC3)[C@H]2c2ccccc2F)cc1. The Kier molecular flexibility index (Phi) is 6.53. The van der Waals surface area contributed by atoms with E-state index in [2.05, 4.69) is 4.90 Å². The molecule has 8 heteroatoms. The molecule has 168 valence electrons. The van der Waals surface area contributed by atoms with Gasteiger partial charge in [-0.25, -0.2) is 4.39 Å². The number of morpholine rings is 1. The molecule has 0 aromatic heterocycles. The minimum Gasteiger partial charge on any atom is -0.507 e. The fourth-order valence-corrected chi connectivity index (χ4v) is 4.11. The number of hydrogen-bond donors (Lipinski definition) is 1. The van der Waals surface area contributed by atoms with Crippen molar-refractivity contribution in [3.05, 3.63) is 71.0 Å². The van der Waals surface area contributed by atoms with Crippen LogP contribution in [0.3, 0.4) is 0 Å². The van der Waals surface area contributed by atoms with Gasteiger partial charge in [0.1, 0.15) is 17.3 Å². The van der Waals surface area contributed by atoms with Crippen LogP contribution in [0.4, 0.5) is 4.39 Å². The number of nitrogens with zero attached hydrogens (tertiary/aromatic N) is 2. The van der Waals surface area contributed by atoms with Gasteiger partial charge in [-0.05, 0) is 30.3 Å². The minimum absolute atomic E-state index is 0.118. The molecule has 0 unspecified atom stereocenters. The topological polar surface area (TPSA) is 79.3 Å². The Morgan fingerprint density at radius 3 is 2.44 bits per heavy atom. The van der Waals surface area contributed by atoms with E-state index in [-0.39, 0.29) is 23.4 Å². The molecule has 0 radical (unpaired) electrons. The van der Waals surface area contributed by atoms with Gasteiger partial charge in [0.2, 0.25) is 0 Å². The van der Waals surface area contributed by atoms with Gasteiger partial charge in [0.15, 0.2) is 0 Å². The number of benzene rings is 2. The summed E-state index contributed by atoms with van der Waals surface area (Å²) in [6.07, 6.45) is 0. The number of aliphatic hydroxyl groups excluding tert-OH is 1. The van der Waals surface area contributed by atoms with E-state index in [0.717, 1.165) is 13.1 Å². The number of Topliss-reactive ketones (excluding diaryl/α,β-unsaturated/α-hetero) is 1. The number of hydrogen-bond acceptors (Lipinski definition) is 6. The van der Waals surface area contributed by atoms with Crippen molar-refractivity contribution in [3.63, 3.8) is 0 Å². The average Bonchev–Trinajstić information content (AvgIpc) is 3.08. The van der Waals surface area contributed by atoms with E-state index < -0.39 is 23.5 Å². The molecule has 0 spiro atoms. The van der Waals surface area contributed by atoms with Crippen molar-refractivity contribution in [1.82, 2.24) is 9.80 Å². The third kappa shape index (κ3) is 4.24. The van der Waals surface area contributed by atoms with Gasteiger partial charge in [-0.15, -0.1) is 0 Å². The molecule has 1 amide bonds. The molecule has 2 aliphatic heterocycles. The largest absolute Gasteiger partial charge is 0.507 e. The summed E-state index contributed by atoms with van der Waals surface area (Å²) in [7, 11) is 1.52. The highest BCUT2D eigenvalue weighted by atomic mass is 19.1. The highest BCUT2D eigenvalue weighted by Gasteiger charge is 2.46. The van der Waals surface area contributed by atoms with E-state index in [1.165, 1.54) is 24.1 Å². The summed E-state index contributed by atoms with van der Waals surface area (Å²) in [5.74, 6) is -1.88. The second-order valence-electron chi connectivity index (χ2n) is 7.70. The van der Waals surface area contributed by atoms with Gasteiger partial charge >= 0.3 is 0 Å². The van der Waals surface area contributed by atoms with Crippen LogP contribution >= 0.6 is 0 Å². The summed E-state index contributed by atoms with van der Waals surface area (Å²) in [6.45, 7) is 3.40. The molecule has 0 bridgehead atoms. The van der Waals surface area contributed by atoms with Gasteiger partial charge < -0.3 is 19.5 Å². The van der Waals surface area contributed by atoms with E-state index >= 15 is 0 Å². The summed E-state index contributed by atoms with van der Waals surface area (Å²) >= 11 is 0. The Bertz CT molecular complexity index is 1030. The number of carbonyl (C=O) groups excluding carboxylic acids is 2. The smallest absolute Gasteiger partial charge is 0.295 e. The Labute approximate surface area is 185 Å². The number of amides is 1. The number of methoxy groups -OCH3 is 1. The molecule has 4 rings (SSSR count). The van der Waals surface area contributed by atoms with E-state index in [1.54, 1.807) is 36.4 Å². The van der Waals surface area contributed by atoms with Gasteiger partial charge in [0, 0.05) is 37.3 Å². The van der Waals surface area contributed by atoms with Crippen molar-refractivity contribution < 1.29 is 28.6 Å².